The number of rotatable bonds is 7. The lowest BCUT2D eigenvalue weighted by Crippen LogP contribution is -2.11. The first kappa shape index (κ1) is 24.1. The van der Waals surface area contributed by atoms with E-state index in [1.165, 1.54) is 26.0 Å². The highest BCUT2D eigenvalue weighted by Gasteiger charge is 2.15. The zero-order valence-corrected chi connectivity index (χ0v) is 19.0. The van der Waals surface area contributed by atoms with E-state index in [2.05, 4.69) is 23.1 Å². The van der Waals surface area contributed by atoms with Crippen molar-refractivity contribution in [3.05, 3.63) is 79.2 Å². The van der Waals surface area contributed by atoms with Crippen LogP contribution in [0.4, 0.5) is 0 Å². The molecule has 3 rings (SSSR count). The molecule has 2 aromatic carbocycles. The summed E-state index contributed by atoms with van der Waals surface area (Å²) in [5.74, 6) is -0.783. The molecule has 0 unspecified atom stereocenters. The summed E-state index contributed by atoms with van der Waals surface area (Å²) in [6, 6.07) is 11.6. The van der Waals surface area contributed by atoms with Gasteiger partial charge in [-0.3, -0.25) is 4.79 Å². The second-order valence-corrected chi connectivity index (χ2v) is 7.41. The van der Waals surface area contributed by atoms with Gasteiger partial charge < -0.3 is 14.2 Å². The van der Waals surface area contributed by atoms with Gasteiger partial charge in [-0.1, -0.05) is 25.3 Å². The maximum absolute atomic E-state index is 12.0. The quantitative estimate of drug-likeness (QED) is 0.285. The Bertz CT molecular complexity index is 1280. The second kappa shape index (κ2) is 10.4. The fourth-order valence-corrected chi connectivity index (χ4v) is 2.69. The topological polar surface area (TPSA) is 105 Å². The van der Waals surface area contributed by atoms with E-state index in [0.717, 1.165) is 11.1 Å². The molecule has 34 heavy (non-hydrogen) atoms. The molecule has 1 aromatic heterocycles. The number of esters is 3. The first-order chi connectivity index (χ1) is 16.1. The van der Waals surface area contributed by atoms with E-state index in [1.807, 2.05) is 0 Å². The number of carbonyl (C=O) groups is 3. The number of carbonyl (C=O) groups excluding carboxylic acids is 3. The van der Waals surface area contributed by atoms with Gasteiger partial charge in [0.1, 0.15) is 5.75 Å². The van der Waals surface area contributed by atoms with Gasteiger partial charge in [0, 0.05) is 41.6 Å². The lowest BCUT2D eigenvalue weighted by molar-refractivity contribution is -0.133. The number of benzene rings is 2. The molecule has 0 saturated heterocycles. The van der Waals surface area contributed by atoms with E-state index in [0.29, 0.717) is 22.7 Å². The number of nitrogens with zero attached hydrogens (tertiary/aromatic N) is 2. The van der Waals surface area contributed by atoms with Crippen molar-refractivity contribution in [2.24, 2.45) is 0 Å². The third kappa shape index (κ3) is 6.01. The fourth-order valence-electron chi connectivity index (χ4n) is 2.69. The molecule has 3 aromatic rings. The van der Waals surface area contributed by atoms with Crippen molar-refractivity contribution in [2.45, 2.75) is 20.8 Å². The predicted molar refractivity (Wildman–Crippen MR) is 125 cm³/mol. The minimum absolute atomic E-state index is 0.0493. The van der Waals surface area contributed by atoms with E-state index >= 15 is 0 Å². The zero-order valence-electron chi connectivity index (χ0n) is 19.0. The molecule has 8 heteroatoms. The van der Waals surface area contributed by atoms with Crippen LogP contribution in [0.3, 0.4) is 0 Å². The van der Waals surface area contributed by atoms with E-state index < -0.39 is 17.9 Å². The average Bonchev–Trinajstić information content (AvgIpc) is 2.80. The molecule has 8 nitrogen and oxygen atoms in total. The van der Waals surface area contributed by atoms with Gasteiger partial charge in [-0.2, -0.15) is 0 Å². The highest BCUT2D eigenvalue weighted by molar-refractivity contribution is 5.90. The van der Waals surface area contributed by atoms with E-state index in [1.54, 1.807) is 49.6 Å². The number of ether oxygens (including phenoxy) is 3. The van der Waals surface area contributed by atoms with Crippen molar-refractivity contribution in [1.82, 2.24) is 9.97 Å². The van der Waals surface area contributed by atoms with Crippen LogP contribution in [0.1, 0.15) is 20.8 Å². The monoisotopic (exact) mass is 458 g/mol. The summed E-state index contributed by atoms with van der Waals surface area (Å²) in [6.45, 7) is 11.4. The Labute approximate surface area is 196 Å². The van der Waals surface area contributed by atoms with E-state index in [9.17, 15) is 14.4 Å². The molecular formula is C26H22N2O6. The van der Waals surface area contributed by atoms with Crippen LogP contribution in [-0.2, 0) is 14.4 Å². The van der Waals surface area contributed by atoms with Gasteiger partial charge in [-0.25, -0.2) is 19.6 Å². The highest BCUT2D eigenvalue weighted by atomic mass is 16.6. The lowest BCUT2D eigenvalue weighted by Gasteiger charge is -2.11. The largest absolute Gasteiger partial charge is 0.423 e. The summed E-state index contributed by atoms with van der Waals surface area (Å²) < 4.78 is 15.6. The van der Waals surface area contributed by atoms with E-state index in [4.69, 9.17) is 14.2 Å². The molecule has 0 N–H and O–H groups in total. The molecule has 0 fully saturated rings. The Hall–Kier alpha value is -4.59. The summed E-state index contributed by atoms with van der Waals surface area (Å²) in [7, 11) is 0. The van der Waals surface area contributed by atoms with Crippen LogP contribution < -0.4 is 14.2 Å². The molecule has 172 valence electrons. The van der Waals surface area contributed by atoms with Gasteiger partial charge in [-0.15, -0.1) is 0 Å². The zero-order chi connectivity index (χ0) is 24.8. The molecule has 0 aliphatic carbocycles. The first-order valence-corrected chi connectivity index (χ1v) is 10.1. The highest BCUT2D eigenvalue weighted by Crippen LogP contribution is 2.33. The summed E-state index contributed by atoms with van der Waals surface area (Å²) in [5.41, 5.74) is 2.62. The maximum atomic E-state index is 12.0. The number of hydrogen-bond donors (Lipinski definition) is 0. The molecule has 0 radical (unpaired) electrons. The SMILES string of the molecule is C=C(C)C(=O)Oc1ccc(-c2cnc(-c3ccc(OC(C)=O)c(OC(=O)C(=C)C)c3)nc2)cc1. The molecule has 0 saturated carbocycles. The van der Waals surface area contributed by atoms with Gasteiger partial charge in [-0.05, 0) is 49.7 Å². The summed E-state index contributed by atoms with van der Waals surface area (Å²) in [6.07, 6.45) is 3.27. The smallest absolute Gasteiger partial charge is 0.338 e. The molecule has 0 aliphatic heterocycles. The van der Waals surface area contributed by atoms with Crippen LogP contribution >= 0.6 is 0 Å². The third-order valence-electron chi connectivity index (χ3n) is 4.41. The van der Waals surface area contributed by atoms with Crippen LogP contribution in [0, 0.1) is 0 Å². The maximum Gasteiger partial charge on any atom is 0.338 e. The van der Waals surface area contributed by atoms with Gasteiger partial charge in [0.25, 0.3) is 0 Å². The molecule has 0 aliphatic rings. The van der Waals surface area contributed by atoms with Gasteiger partial charge in [0.05, 0.1) is 0 Å². The summed E-state index contributed by atoms with van der Waals surface area (Å²) in [5, 5.41) is 0. The van der Waals surface area contributed by atoms with Crippen LogP contribution in [0.2, 0.25) is 0 Å². The third-order valence-corrected chi connectivity index (χ3v) is 4.41. The predicted octanol–water partition coefficient (Wildman–Crippen LogP) is 4.70. The number of aromatic nitrogens is 2. The van der Waals surface area contributed by atoms with Crippen molar-refractivity contribution in [1.29, 1.82) is 0 Å². The second-order valence-electron chi connectivity index (χ2n) is 7.41. The van der Waals surface area contributed by atoms with Gasteiger partial charge >= 0.3 is 17.9 Å². The fraction of sp³-hybridized carbons (Fsp3) is 0.115. The Morgan fingerprint density at radius 2 is 1.24 bits per heavy atom. The normalized spacial score (nSPS) is 10.2. The standard InChI is InChI=1S/C26H22N2O6/c1-15(2)25(30)33-21-9-6-18(7-10-21)20-13-27-24(28-14-20)19-8-11-22(32-17(5)29)23(12-19)34-26(31)16(3)4/h6-14H,1,3H2,2,4-5H3. The van der Waals surface area contributed by atoms with Crippen LogP contribution in [0.5, 0.6) is 17.2 Å². The molecular weight excluding hydrogens is 436 g/mol. The minimum Gasteiger partial charge on any atom is -0.423 e. The van der Waals surface area contributed by atoms with E-state index in [-0.39, 0.29) is 17.1 Å². The molecule has 0 atom stereocenters. The van der Waals surface area contributed by atoms with Crippen molar-refractivity contribution in [3.63, 3.8) is 0 Å². The summed E-state index contributed by atoms with van der Waals surface area (Å²) in [4.78, 5) is 43.8. The molecule has 0 bridgehead atoms. The van der Waals surface area contributed by atoms with Crippen molar-refractivity contribution in [3.8, 4) is 39.8 Å². The molecule has 0 amide bonds. The Balaban J connectivity index is 1.84. The Morgan fingerprint density at radius 1 is 0.676 bits per heavy atom. The summed E-state index contributed by atoms with van der Waals surface area (Å²) >= 11 is 0. The Kier molecular flexibility index (Phi) is 7.33. The lowest BCUT2D eigenvalue weighted by atomic mass is 10.1. The molecule has 0 spiro atoms. The van der Waals surface area contributed by atoms with Crippen LogP contribution in [0.25, 0.3) is 22.5 Å². The Morgan fingerprint density at radius 3 is 1.79 bits per heavy atom. The van der Waals surface area contributed by atoms with Crippen molar-refractivity contribution >= 4 is 17.9 Å². The van der Waals surface area contributed by atoms with Gasteiger partial charge in [0.2, 0.25) is 0 Å². The van der Waals surface area contributed by atoms with Crippen LogP contribution in [0.15, 0.2) is 79.2 Å². The first-order valence-electron chi connectivity index (χ1n) is 10.1. The number of hydrogen-bond acceptors (Lipinski definition) is 8. The van der Waals surface area contributed by atoms with Crippen molar-refractivity contribution < 1.29 is 28.6 Å². The minimum atomic E-state index is -0.654. The van der Waals surface area contributed by atoms with Gasteiger partial charge in [0.15, 0.2) is 17.3 Å². The van der Waals surface area contributed by atoms with Crippen LogP contribution in [-0.4, -0.2) is 27.9 Å². The van der Waals surface area contributed by atoms with Crippen molar-refractivity contribution in [2.75, 3.05) is 0 Å². The average molecular weight is 458 g/mol. The molecule has 1 heterocycles.